The highest BCUT2D eigenvalue weighted by molar-refractivity contribution is 7.91. The first-order valence-corrected chi connectivity index (χ1v) is 12.5. The quantitative estimate of drug-likeness (QED) is 0.217. The molecule has 1 fully saturated rings. The molecule has 0 radical (unpaired) electrons. The van der Waals surface area contributed by atoms with E-state index in [1.54, 1.807) is 0 Å². The fourth-order valence-corrected chi connectivity index (χ4v) is 4.54. The normalized spacial score (nSPS) is 16.1. The first kappa shape index (κ1) is 27.1. The van der Waals surface area contributed by atoms with E-state index in [2.05, 4.69) is 0 Å². The Kier molecular flexibility index (Phi) is 7.36. The fraction of sp³-hybridized carbons (Fsp3) is 0.273. The molecule has 1 amide bonds. The Labute approximate surface area is 207 Å². The van der Waals surface area contributed by atoms with E-state index in [-0.39, 0.29) is 11.1 Å². The number of rotatable bonds is 6. The molecule has 3 rings (SSSR count). The van der Waals surface area contributed by atoms with Crippen LogP contribution < -0.4 is 0 Å². The first-order chi connectivity index (χ1) is 16.0. The average molecular weight is 556 g/mol. The van der Waals surface area contributed by atoms with Crippen molar-refractivity contribution < 1.29 is 40.0 Å². The minimum atomic E-state index is -5.00. The van der Waals surface area contributed by atoms with E-state index in [0.717, 1.165) is 23.3 Å². The number of likely N-dealkylation sites (tertiary alicyclic amines) is 1. The molecule has 1 saturated heterocycles. The van der Waals surface area contributed by atoms with Crippen LogP contribution in [0.25, 0.3) is 5.57 Å². The van der Waals surface area contributed by atoms with Gasteiger partial charge in [-0.05, 0) is 29.3 Å². The Bertz CT molecular complexity index is 1300. The third-order valence-corrected chi connectivity index (χ3v) is 6.51. The number of hydrogen-bond donors (Lipinski definition) is 0. The van der Waals surface area contributed by atoms with Gasteiger partial charge in [0, 0.05) is 11.8 Å². The average Bonchev–Trinajstić information content (AvgIpc) is 2.71. The molecule has 1 heterocycles. The van der Waals surface area contributed by atoms with Crippen molar-refractivity contribution in [2.45, 2.75) is 11.8 Å². The van der Waals surface area contributed by atoms with Gasteiger partial charge in [-0.1, -0.05) is 47.5 Å². The number of benzene rings is 2. The van der Waals surface area contributed by atoms with E-state index in [1.165, 1.54) is 12.1 Å². The third kappa shape index (κ3) is 6.20. The van der Waals surface area contributed by atoms with Crippen LogP contribution in [0.2, 0.25) is 10.0 Å². The van der Waals surface area contributed by atoms with E-state index in [4.69, 9.17) is 23.2 Å². The molecule has 0 aliphatic carbocycles. The first-order valence-electron chi connectivity index (χ1n) is 9.73. The third-order valence-electron chi connectivity index (χ3n) is 5.18. The predicted octanol–water partition coefficient (Wildman–Crippen LogP) is 5.01. The second-order valence-corrected chi connectivity index (χ2v) is 11.0. The van der Waals surface area contributed by atoms with Crippen LogP contribution >= 0.6 is 23.2 Å². The van der Waals surface area contributed by atoms with Crippen molar-refractivity contribution in [1.82, 2.24) is 4.90 Å². The molecular formula is C22H16Cl2F5NO4S. The van der Waals surface area contributed by atoms with Crippen LogP contribution in [0, 0.1) is 5.82 Å². The summed E-state index contributed by atoms with van der Waals surface area (Å²) in [5.41, 5.74) is -4.15. The Morgan fingerprint density at radius 2 is 1.57 bits per heavy atom. The molecule has 0 atom stereocenters. The highest BCUT2D eigenvalue weighted by Gasteiger charge is 2.47. The topological polar surface area (TPSA) is 71.5 Å². The highest BCUT2D eigenvalue weighted by Crippen LogP contribution is 2.38. The lowest BCUT2D eigenvalue weighted by Crippen LogP contribution is -2.59. The van der Waals surface area contributed by atoms with Crippen LogP contribution in [0.5, 0.6) is 0 Å². The van der Waals surface area contributed by atoms with Crippen molar-refractivity contribution in [3.05, 3.63) is 75.0 Å². The molecule has 1 aliphatic rings. The van der Waals surface area contributed by atoms with Crippen molar-refractivity contribution in [1.29, 1.82) is 0 Å². The Morgan fingerprint density at radius 1 is 1.06 bits per heavy atom. The SMILES string of the molecule is CS(=O)(=O)CC(=O)N1CC(F)(c2ccc(C(=O)C=C(c3cc(Cl)c(F)c(Cl)c3)C(F)(F)F)cc2)C1. The number of carbonyl (C=O) groups excluding carboxylic acids is 2. The number of allylic oxidation sites excluding steroid dienone is 2. The van der Waals surface area contributed by atoms with Crippen LogP contribution in [0.1, 0.15) is 21.5 Å². The number of sulfone groups is 1. The summed E-state index contributed by atoms with van der Waals surface area (Å²) in [6, 6.07) is 6.01. The molecule has 0 unspecified atom stereocenters. The molecular weight excluding hydrogens is 540 g/mol. The number of amides is 1. The van der Waals surface area contributed by atoms with E-state index in [1.807, 2.05) is 0 Å². The van der Waals surface area contributed by atoms with E-state index < -0.39 is 79.2 Å². The van der Waals surface area contributed by atoms with Crippen LogP contribution in [0.4, 0.5) is 22.0 Å². The predicted molar refractivity (Wildman–Crippen MR) is 120 cm³/mol. The summed E-state index contributed by atoms with van der Waals surface area (Å²) in [6.45, 7) is -0.808. The summed E-state index contributed by atoms with van der Waals surface area (Å²) in [7, 11) is -3.58. The van der Waals surface area contributed by atoms with Crippen LogP contribution in [-0.4, -0.2) is 56.3 Å². The number of halogens is 7. The Morgan fingerprint density at radius 3 is 2.03 bits per heavy atom. The number of alkyl halides is 4. The van der Waals surface area contributed by atoms with Gasteiger partial charge in [0.2, 0.25) is 5.91 Å². The van der Waals surface area contributed by atoms with Crippen molar-refractivity contribution >= 4 is 50.3 Å². The second kappa shape index (κ2) is 9.51. The van der Waals surface area contributed by atoms with E-state index in [0.29, 0.717) is 18.2 Å². The van der Waals surface area contributed by atoms with Gasteiger partial charge >= 0.3 is 6.18 Å². The number of nitrogens with zero attached hydrogens (tertiary/aromatic N) is 1. The molecule has 0 spiro atoms. The molecule has 0 bridgehead atoms. The van der Waals surface area contributed by atoms with Crippen molar-refractivity contribution in [3.63, 3.8) is 0 Å². The molecule has 1 aliphatic heterocycles. The fourth-order valence-electron chi connectivity index (χ4n) is 3.42. The van der Waals surface area contributed by atoms with Crippen LogP contribution in [0.15, 0.2) is 42.5 Å². The number of ketones is 1. The lowest BCUT2D eigenvalue weighted by molar-refractivity contribution is -0.143. The molecule has 188 valence electrons. The monoisotopic (exact) mass is 555 g/mol. The van der Waals surface area contributed by atoms with Crippen molar-refractivity contribution in [2.24, 2.45) is 0 Å². The molecule has 13 heteroatoms. The Balaban J connectivity index is 1.81. The minimum absolute atomic E-state index is 0.0644. The van der Waals surface area contributed by atoms with E-state index in [9.17, 15) is 35.6 Å². The zero-order valence-electron chi connectivity index (χ0n) is 17.8. The summed E-state index contributed by atoms with van der Waals surface area (Å²) < 4.78 is 91.9. The summed E-state index contributed by atoms with van der Waals surface area (Å²) in [5.74, 6) is -3.67. The molecule has 0 N–H and O–H groups in total. The minimum Gasteiger partial charge on any atom is -0.335 e. The lowest BCUT2D eigenvalue weighted by atomic mass is 9.87. The number of carbonyl (C=O) groups is 2. The smallest absolute Gasteiger partial charge is 0.335 e. The zero-order chi connectivity index (χ0) is 26.3. The van der Waals surface area contributed by atoms with E-state index >= 15 is 4.39 Å². The molecule has 35 heavy (non-hydrogen) atoms. The molecule has 2 aromatic carbocycles. The summed E-state index contributed by atoms with van der Waals surface area (Å²) in [5, 5.41) is -1.31. The zero-order valence-corrected chi connectivity index (χ0v) is 20.1. The molecule has 0 aromatic heterocycles. The molecule has 5 nitrogen and oxygen atoms in total. The highest BCUT2D eigenvalue weighted by atomic mass is 35.5. The van der Waals surface area contributed by atoms with Gasteiger partial charge in [-0.15, -0.1) is 0 Å². The van der Waals surface area contributed by atoms with Gasteiger partial charge < -0.3 is 4.90 Å². The Hall–Kier alpha value is -2.50. The lowest BCUT2D eigenvalue weighted by Gasteiger charge is -2.44. The maximum absolute atomic E-state index is 15.1. The van der Waals surface area contributed by atoms with Gasteiger partial charge in [0.25, 0.3) is 0 Å². The number of hydrogen-bond acceptors (Lipinski definition) is 4. The van der Waals surface area contributed by atoms with Crippen LogP contribution in [-0.2, 0) is 20.3 Å². The van der Waals surface area contributed by atoms with Gasteiger partial charge in [0.1, 0.15) is 5.75 Å². The maximum atomic E-state index is 15.1. The van der Waals surface area contributed by atoms with Gasteiger partial charge in [-0.2, -0.15) is 13.2 Å². The van der Waals surface area contributed by atoms with Crippen LogP contribution in [0.3, 0.4) is 0 Å². The van der Waals surface area contributed by atoms with Gasteiger partial charge in [-0.3, -0.25) is 9.59 Å². The summed E-state index contributed by atoms with van der Waals surface area (Å²) >= 11 is 11.2. The molecule has 0 saturated carbocycles. The second-order valence-electron chi connectivity index (χ2n) is 8.04. The molecule has 2 aromatic rings. The largest absolute Gasteiger partial charge is 0.417 e. The summed E-state index contributed by atoms with van der Waals surface area (Å²) in [4.78, 5) is 25.4. The van der Waals surface area contributed by atoms with Crippen molar-refractivity contribution in [3.8, 4) is 0 Å². The van der Waals surface area contributed by atoms with Crippen molar-refractivity contribution in [2.75, 3.05) is 25.1 Å². The van der Waals surface area contributed by atoms with Gasteiger partial charge in [0.05, 0.1) is 28.7 Å². The maximum Gasteiger partial charge on any atom is 0.417 e. The van der Waals surface area contributed by atoms with Gasteiger partial charge in [0.15, 0.2) is 27.1 Å². The standard InChI is InChI=1S/C22H16Cl2F5NO4S/c1-35(33,34)9-19(32)30-10-21(26,11-30)14-4-2-12(3-5-14)18(31)8-15(22(27,28)29)13-6-16(23)20(25)17(24)7-13/h2-8H,9-11H2,1H3. The van der Waals surface area contributed by atoms with Gasteiger partial charge in [-0.25, -0.2) is 17.2 Å². The summed E-state index contributed by atoms with van der Waals surface area (Å²) in [6.07, 6.45) is -3.83.